The number of hydrogen-bond donors (Lipinski definition) is 1. The van der Waals surface area contributed by atoms with Crippen molar-refractivity contribution < 1.29 is 9.90 Å². The standard InChI is InChI=1S/C11H14N4O2S/c1-2-4-9(11(16)17)15-10(12-13-14-15)7-8-5-3-6-18-8/h3,5-6,9H,2,4,7H2,1H3,(H,16,17). The summed E-state index contributed by atoms with van der Waals surface area (Å²) in [5.74, 6) is -0.296. The highest BCUT2D eigenvalue weighted by atomic mass is 32.1. The van der Waals surface area contributed by atoms with E-state index in [1.807, 2.05) is 24.4 Å². The molecule has 0 saturated heterocycles. The molecular weight excluding hydrogens is 252 g/mol. The first-order valence-electron chi connectivity index (χ1n) is 5.74. The van der Waals surface area contributed by atoms with Crippen molar-refractivity contribution in [2.24, 2.45) is 0 Å². The summed E-state index contributed by atoms with van der Waals surface area (Å²) in [7, 11) is 0. The van der Waals surface area contributed by atoms with Crippen molar-refractivity contribution in [2.75, 3.05) is 0 Å². The van der Waals surface area contributed by atoms with Gasteiger partial charge in [-0.15, -0.1) is 16.4 Å². The van der Waals surface area contributed by atoms with Crippen LogP contribution in [0.1, 0.15) is 36.5 Å². The van der Waals surface area contributed by atoms with E-state index in [-0.39, 0.29) is 0 Å². The van der Waals surface area contributed by atoms with Gasteiger partial charge in [0, 0.05) is 11.3 Å². The summed E-state index contributed by atoms with van der Waals surface area (Å²) in [4.78, 5) is 12.3. The van der Waals surface area contributed by atoms with Crippen LogP contribution in [-0.4, -0.2) is 31.3 Å². The highest BCUT2D eigenvalue weighted by Crippen LogP contribution is 2.18. The summed E-state index contributed by atoms with van der Waals surface area (Å²) < 4.78 is 1.42. The molecule has 0 spiro atoms. The van der Waals surface area contributed by atoms with Crippen LogP contribution in [0.3, 0.4) is 0 Å². The van der Waals surface area contributed by atoms with E-state index in [0.717, 1.165) is 11.3 Å². The van der Waals surface area contributed by atoms with E-state index in [9.17, 15) is 9.90 Å². The van der Waals surface area contributed by atoms with Crippen LogP contribution in [0.4, 0.5) is 0 Å². The van der Waals surface area contributed by atoms with Crippen LogP contribution in [-0.2, 0) is 11.2 Å². The number of nitrogens with zero attached hydrogens (tertiary/aromatic N) is 4. The lowest BCUT2D eigenvalue weighted by Crippen LogP contribution is -2.22. The molecule has 2 rings (SSSR count). The fourth-order valence-electron chi connectivity index (χ4n) is 1.76. The van der Waals surface area contributed by atoms with Gasteiger partial charge >= 0.3 is 5.97 Å². The highest BCUT2D eigenvalue weighted by molar-refractivity contribution is 7.09. The normalized spacial score (nSPS) is 12.5. The predicted octanol–water partition coefficient (Wildman–Crippen LogP) is 1.75. The maximum absolute atomic E-state index is 11.2. The molecule has 96 valence electrons. The summed E-state index contributed by atoms with van der Waals surface area (Å²) in [5.41, 5.74) is 0. The number of carbonyl (C=O) groups is 1. The largest absolute Gasteiger partial charge is 0.480 e. The quantitative estimate of drug-likeness (QED) is 0.861. The van der Waals surface area contributed by atoms with Gasteiger partial charge in [-0.25, -0.2) is 9.48 Å². The van der Waals surface area contributed by atoms with E-state index in [4.69, 9.17) is 0 Å². The highest BCUT2D eigenvalue weighted by Gasteiger charge is 2.23. The molecule has 2 heterocycles. The Labute approximate surface area is 108 Å². The molecular formula is C11H14N4O2S. The van der Waals surface area contributed by atoms with Gasteiger partial charge in [0.2, 0.25) is 0 Å². The molecule has 0 aliphatic heterocycles. The molecule has 0 aliphatic carbocycles. The molecule has 0 saturated carbocycles. The van der Waals surface area contributed by atoms with Crippen molar-refractivity contribution in [2.45, 2.75) is 32.2 Å². The number of tetrazole rings is 1. The van der Waals surface area contributed by atoms with Gasteiger partial charge in [0.15, 0.2) is 11.9 Å². The van der Waals surface area contributed by atoms with Crippen LogP contribution in [0, 0.1) is 0 Å². The summed E-state index contributed by atoms with van der Waals surface area (Å²) in [6.07, 6.45) is 1.87. The Morgan fingerprint density at radius 2 is 2.44 bits per heavy atom. The van der Waals surface area contributed by atoms with Crippen LogP contribution >= 0.6 is 11.3 Å². The van der Waals surface area contributed by atoms with Gasteiger partial charge in [0.1, 0.15) is 0 Å². The molecule has 0 aliphatic rings. The molecule has 2 aromatic heterocycles. The monoisotopic (exact) mass is 266 g/mol. The van der Waals surface area contributed by atoms with Gasteiger partial charge in [0.25, 0.3) is 0 Å². The number of hydrogen-bond acceptors (Lipinski definition) is 5. The van der Waals surface area contributed by atoms with Crippen LogP contribution in [0.2, 0.25) is 0 Å². The Balaban J connectivity index is 2.22. The molecule has 18 heavy (non-hydrogen) atoms. The molecule has 0 amide bonds. The summed E-state index contributed by atoms with van der Waals surface area (Å²) in [5, 5.41) is 22.5. The van der Waals surface area contributed by atoms with Crippen LogP contribution in [0.25, 0.3) is 0 Å². The molecule has 1 N–H and O–H groups in total. The van der Waals surface area contributed by atoms with Gasteiger partial charge in [-0.05, 0) is 28.3 Å². The van der Waals surface area contributed by atoms with Crippen molar-refractivity contribution in [3.05, 3.63) is 28.2 Å². The van der Waals surface area contributed by atoms with Crippen LogP contribution < -0.4 is 0 Å². The SMILES string of the molecule is CCCC(C(=O)O)n1nnnc1Cc1cccs1. The number of aromatic nitrogens is 4. The summed E-state index contributed by atoms with van der Waals surface area (Å²) in [6, 6.07) is 3.26. The number of carboxylic acids is 1. The maximum Gasteiger partial charge on any atom is 0.328 e. The van der Waals surface area contributed by atoms with E-state index in [1.54, 1.807) is 11.3 Å². The molecule has 6 nitrogen and oxygen atoms in total. The second-order valence-corrected chi connectivity index (χ2v) is 4.97. The molecule has 0 aromatic carbocycles. The van der Waals surface area contributed by atoms with E-state index in [2.05, 4.69) is 15.5 Å². The molecule has 0 radical (unpaired) electrons. The first-order valence-corrected chi connectivity index (χ1v) is 6.62. The lowest BCUT2D eigenvalue weighted by atomic mass is 10.1. The number of thiophene rings is 1. The first kappa shape index (κ1) is 12.7. The van der Waals surface area contributed by atoms with E-state index >= 15 is 0 Å². The maximum atomic E-state index is 11.2. The van der Waals surface area contributed by atoms with E-state index < -0.39 is 12.0 Å². The zero-order valence-electron chi connectivity index (χ0n) is 9.98. The van der Waals surface area contributed by atoms with Crippen LogP contribution in [0.15, 0.2) is 17.5 Å². The van der Waals surface area contributed by atoms with Gasteiger partial charge < -0.3 is 5.11 Å². The second kappa shape index (κ2) is 5.72. The van der Waals surface area contributed by atoms with Gasteiger partial charge in [-0.2, -0.15) is 0 Å². The van der Waals surface area contributed by atoms with Gasteiger partial charge in [-0.1, -0.05) is 19.4 Å². The number of carboxylic acid groups (broad SMARTS) is 1. The molecule has 0 fully saturated rings. The molecule has 7 heteroatoms. The average molecular weight is 266 g/mol. The third-order valence-electron chi connectivity index (χ3n) is 2.62. The zero-order valence-corrected chi connectivity index (χ0v) is 10.8. The smallest absolute Gasteiger partial charge is 0.328 e. The predicted molar refractivity (Wildman–Crippen MR) is 66.5 cm³/mol. The summed E-state index contributed by atoms with van der Waals surface area (Å²) in [6.45, 7) is 1.94. The summed E-state index contributed by atoms with van der Waals surface area (Å²) >= 11 is 1.61. The van der Waals surface area contributed by atoms with E-state index in [0.29, 0.717) is 18.7 Å². The number of aliphatic carboxylic acids is 1. The Hall–Kier alpha value is -1.76. The molecule has 2 aromatic rings. The van der Waals surface area contributed by atoms with Gasteiger partial charge in [0.05, 0.1) is 0 Å². The fraction of sp³-hybridized carbons (Fsp3) is 0.455. The first-order chi connectivity index (χ1) is 8.72. The Bertz CT molecular complexity index is 509. The van der Waals surface area contributed by atoms with Crippen molar-refractivity contribution in [1.29, 1.82) is 0 Å². The zero-order chi connectivity index (χ0) is 13.0. The topological polar surface area (TPSA) is 80.9 Å². The minimum atomic E-state index is -0.892. The van der Waals surface area contributed by atoms with Crippen molar-refractivity contribution in [3.63, 3.8) is 0 Å². The Morgan fingerprint density at radius 3 is 3.06 bits per heavy atom. The van der Waals surface area contributed by atoms with Crippen LogP contribution in [0.5, 0.6) is 0 Å². The average Bonchev–Trinajstić information content (AvgIpc) is 2.98. The van der Waals surface area contributed by atoms with Crippen molar-refractivity contribution in [3.8, 4) is 0 Å². The third-order valence-corrected chi connectivity index (χ3v) is 3.49. The van der Waals surface area contributed by atoms with E-state index in [1.165, 1.54) is 4.68 Å². The number of rotatable bonds is 6. The fourth-order valence-corrected chi connectivity index (χ4v) is 2.47. The molecule has 1 unspecified atom stereocenters. The lowest BCUT2D eigenvalue weighted by Gasteiger charge is -2.12. The minimum absolute atomic E-state index is 0.526. The third kappa shape index (κ3) is 2.73. The van der Waals surface area contributed by atoms with Gasteiger partial charge in [-0.3, -0.25) is 0 Å². The van der Waals surface area contributed by atoms with Crippen molar-refractivity contribution in [1.82, 2.24) is 20.2 Å². The minimum Gasteiger partial charge on any atom is -0.480 e. The molecule has 1 atom stereocenters. The molecule has 0 bridgehead atoms. The lowest BCUT2D eigenvalue weighted by molar-refractivity contribution is -0.141. The van der Waals surface area contributed by atoms with Crippen molar-refractivity contribution >= 4 is 17.3 Å². The Morgan fingerprint density at radius 1 is 1.61 bits per heavy atom. The Kier molecular flexibility index (Phi) is 4.03. The second-order valence-electron chi connectivity index (χ2n) is 3.94.